The van der Waals surface area contributed by atoms with Gasteiger partial charge in [0.05, 0.1) is 19.1 Å². The highest BCUT2D eigenvalue weighted by Gasteiger charge is 2.54. The lowest BCUT2D eigenvalue weighted by Gasteiger charge is -2.43. The van der Waals surface area contributed by atoms with Gasteiger partial charge in [0.1, 0.15) is 17.6 Å². The molecule has 2 aliphatic heterocycles. The Morgan fingerprint density at radius 2 is 1.85 bits per heavy atom. The third-order valence-corrected chi connectivity index (χ3v) is 7.32. The number of esters is 1. The van der Waals surface area contributed by atoms with Crippen LogP contribution in [0.4, 0.5) is 4.39 Å². The van der Waals surface area contributed by atoms with Crippen molar-refractivity contribution in [1.82, 2.24) is 9.80 Å². The van der Waals surface area contributed by atoms with Gasteiger partial charge < -0.3 is 14.4 Å². The Morgan fingerprint density at radius 3 is 2.48 bits per heavy atom. The second-order valence-corrected chi connectivity index (χ2v) is 9.49. The van der Waals surface area contributed by atoms with Crippen molar-refractivity contribution in [3.8, 4) is 0 Å². The smallest absolute Gasteiger partial charge is 0.309 e. The standard InChI is InChI=1S/C25H33FN2O5/c1-3-32-24(31)18-9-13-27(14-10-18)23(30)21-16-33-25(11-7-17(2)8-12-25)28(21)22(29)19-5-4-6-20(26)15-19/h4-6,15,17-18,21H,3,7-14,16H2,1-2H3/t17?,21-,25?/m0/s1. The summed E-state index contributed by atoms with van der Waals surface area (Å²) in [6.07, 6.45) is 4.20. The normalized spacial score (nSPS) is 28.2. The maximum atomic E-state index is 13.9. The molecular formula is C25H33FN2O5. The molecule has 0 N–H and O–H groups in total. The topological polar surface area (TPSA) is 76.2 Å². The predicted molar refractivity (Wildman–Crippen MR) is 119 cm³/mol. The van der Waals surface area contributed by atoms with Gasteiger partial charge in [0.25, 0.3) is 5.91 Å². The summed E-state index contributed by atoms with van der Waals surface area (Å²) >= 11 is 0. The maximum Gasteiger partial charge on any atom is 0.309 e. The van der Waals surface area contributed by atoms with Crippen LogP contribution in [0.1, 0.15) is 62.7 Å². The number of hydrogen-bond acceptors (Lipinski definition) is 5. The van der Waals surface area contributed by atoms with Crippen LogP contribution in [0, 0.1) is 17.7 Å². The van der Waals surface area contributed by atoms with E-state index in [2.05, 4.69) is 6.92 Å². The van der Waals surface area contributed by atoms with E-state index in [-0.39, 0.29) is 35.9 Å². The van der Waals surface area contributed by atoms with Crippen molar-refractivity contribution in [1.29, 1.82) is 0 Å². The van der Waals surface area contributed by atoms with E-state index >= 15 is 0 Å². The number of piperidine rings is 1. The number of likely N-dealkylation sites (tertiary alicyclic amines) is 1. The molecule has 1 aliphatic carbocycles. The van der Waals surface area contributed by atoms with Crippen LogP contribution in [0.25, 0.3) is 0 Å². The van der Waals surface area contributed by atoms with Gasteiger partial charge in [-0.2, -0.15) is 0 Å². The lowest BCUT2D eigenvalue weighted by molar-refractivity contribution is -0.152. The van der Waals surface area contributed by atoms with Gasteiger partial charge in [0.2, 0.25) is 5.91 Å². The summed E-state index contributed by atoms with van der Waals surface area (Å²) < 4.78 is 25.2. The summed E-state index contributed by atoms with van der Waals surface area (Å²) in [4.78, 5) is 42.5. The summed E-state index contributed by atoms with van der Waals surface area (Å²) in [5, 5.41) is 0. The zero-order valence-corrected chi connectivity index (χ0v) is 19.4. The number of nitrogens with zero attached hydrogens (tertiary/aromatic N) is 2. The van der Waals surface area contributed by atoms with Crippen molar-refractivity contribution in [2.75, 3.05) is 26.3 Å². The number of carbonyl (C=O) groups is 3. The van der Waals surface area contributed by atoms with Crippen LogP contribution in [0.15, 0.2) is 24.3 Å². The van der Waals surface area contributed by atoms with Gasteiger partial charge in [0, 0.05) is 18.7 Å². The molecule has 0 bridgehead atoms. The minimum atomic E-state index is -0.834. The van der Waals surface area contributed by atoms with Crippen molar-refractivity contribution >= 4 is 17.8 Å². The summed E-state index contributed by atoms with van der Waals surface area (Å²) in [6, 6.07) is 4.84. The van der Waals surface area contributed by atoms with Crippen molar-refractivity contribution in [2.24, 2.45) is 11.8 Å². The Morgan fingerprint density at radius 1 is 1.15 bits per heavy atom. The van der Waals surface area contributed by atoms with E-state index in [1.165, 1.54) is 18.2 Å². The minimum Gasteiger partial charge on any atom is -0.466 e. The lowest BCUT2D eigenvalue weighted by Crippen LogP contribution is -2.58. The van der Waals surface area contributed by atoms with Crippen molar-refractivity contribution in [3.63, 3.8) is 0 Å². The fraction of sp³-hybridized carbons (Fsp3) is 0.640. The predicted octanol–water partition coefficient (Wildman–Crippen LogP) is 3.37. The van der Waals surface area contributed by atoms with Crippen LogP contribution >= 0.6 is 0 Å². The number of hydrogen-bond donors (Lipinski definition) is 0. The molecule has 2 saturated heterocycles. The first-order valence-corrected chi connectivity index (χ1v) is 12.0. The second kappa shape index (κ2) is 9.79. The van der Waals surface area contributed by atoms with Crippen LogP contribution in [-0.2, 0) is 19.1 Å². The SMILES string of the molecule is CCOC(=O)C1CCN(C(=O)[C@@H]2COC3(CCC(C)CC3)N2C(=O)c2cccc(F)c2)CC1. The molecule has 1 aromatic carbocycles. The Bertz CT molecular complexity index is 891. The molecule has 0 aromatic heterocycles. The highest BCUT2D eigenvalue weighted by atomic mass is 19.1. The third-order valence-electron chi connectivity index (χ3n) is 7.32. The highest BCUT2D eigenvalue weighted by molar-refractivity contribution is 5.98. The van der Waals surface area contributed by atoms with E-state index in [0.717, 1.165) is 12.8 Å². The average molecular weight is 461 g/mol. The first-order valence-electron chi connectivity index (χ1n) is 12.0. The fourth-order valence-electron chi connectivity index (χ4n) is 5.34. The van der Waals surface area contributed by atoms with Crippen LogP contribution in [0.5, 0.6) is 0 Å². The number of benzene rings is 1. The number of carbonyl (C=O) groups excluding carboxylic acids is 3. The molecule has 2 amide bonds. The minimum absolute atomic E-state index is 0.131. The summed E-state index contributed by atoms with van der Waals surface area (Å²) in [6.45, 7) is 5.30. The molecule has 4 rings (SSSR count). The summed E-state index contributed by atoms with van der Waals surface area (Å²) in [7, 11) is 0. The number of rotatable bonds is 4. The monoisotopic (exact) mass is 460 g/mol. The zero-order valence-electron chi connectivity index (χ0n) is 19.4. The van der Waals surface area contributed by atoms with Gasteiger partial charge >= 0.3 is 5.97 Å². The molecule has 3 fully saturated rings. The molecular weight excluding hydrogens is 427 g/mol. The van der Waals surface area contributed by atoms with Gasteiger partial charge in [0.15, 0.2) is 0 Å². The van der Waals surface area contributed by atoms with Crippen molar-refractivity contribution in [2.45, 2.75) is 64.1 Å². The van der Waals surface area contributed by atoms with Gasteiger partial charge in [-0.3, -0.25) is 19.3 Å². The Kier molecular flexibility index (Phi) is 7.02. The van der Waals surface area contributed by atoms with E-state index in [1.807, 2.05) is 0 Å². The first kappa shape index (κ1) is 23.7. The molecule has 180 valence electrons. The number of amides is 2. The van der Waals surface area contributed by atoms with Crippen molar-refractivity contribution in [3.05, 3.63) is 35.6 Å². The Labute approximate surface area is 194 Å². The largest absolute Gasteiger partial charge is 0.466 e. The molecule has 1 aromatic rings. The molecule has 2 heterocycles. The maximum absolute atomic E-state index is 13.9. The Hall–Kier alpha value is -2.48. The van der Waals surface area contributed by atoms with Gasteiger partial charge in [-0.25, -0.2) is 4.39 Å². The lowest BCUT2D eigenvalue weighted by atomic mass is 9.83. The molecule has 0 unspecified atom stereocenters. The average Bonchev–Trinajstić information content (AvgIpc) is 3.19. The van der Waals surface area contributed by atoms with Gasteiger partial charge in [-0.1, -0.05) is 13.0 Å². The molecule has 0 radical (unpaired) electrons. The summed E-state index contributed by atoms with van der Waals surface area (Å²) in [5.74, 6) is -0.922. The molecule has 33 heavy (non-hydrogen) atoms. The van der Waals surface area contributed by atoms with E-state index < -0.39 is 17.6 Å². The zero-order chi connectivity index (χ0) is 23.6. The van der Waals surface area contributed by atoms with E-state index in [9.17, 15) is 18.8 Å². The molecule has 7 nitrogen and oxygen atoms in total. The van der Waals surface area contributed by atoms with Gasteiger partial charge in [-0.15, -0.1) is 0 Å². The van der Waals surface area contributed by atoms with Crippen LogP contribution < -0.4 is 0 Å². The van der Waals surface area contributed by atoms with E-state index in [4.69, 9.17) is 9.47 Å². The first-order chi connectivity index (χ1) is 15.8. The van der Waals surface area contributed by atoms with Crippen LogP contribution in [-0.4, -0.2) is 65.7 Å². The van der Waals surface area contributed by atoms with Crippen LogP contribution in [0.2, 0.25) is 0 Å². The number of halogens is 1. The van der Waals surface area contributed by atoms with E-state index in [0.29, 0.717) is 51.3 Å². The fourth-order valence-corrected chi connectivity index (χ4v) is 5.34. The number of ether oxygens (including phenoxy) is 2. The van der Waals surface area contributed by atoms with E-state index in [1.54, 1.807) is 22.8 Å². The third kappa shape index (κ3) is 4.76. The molecule has 1 saturated carbocycles. The quantitative estimate of drug-likeness (QED) is 0.644. The van der Waals surface area contributed by atoms with Gasteiger partial charge in [-0.05, 0) is 69.6 Å². The highest BCUT2D eigenvalue weighted by Crippen LogP contribution is 2.43. The molecule has 8 heteroatoms. The van der Waals surface area contributed by atoms with Crippen LogP contribution in [0.3, 0.4) is 0 Å². The molecule has 3 aliphatic rings. The Balaban J connectivity index is 1.54. The molecule has 1 atom stereocenters. The molecule has 1 spiro atoms. The van der Waals surface area contributed by atoms with Crippen molar-refractivity contribution < 1.29 is 28.2 Å². The second-order valence-electron chi connectivity index (χ2n) is 9.49. The summed E-state index contributed by atoms with van der Waals surface area (Å²) in [5.41, 5.74) is -0.614.